The molecule has 2 nitrogen and oxygen atoms in total. The summed E-state index contributed by atoms with van der Waals surface area (Å²) >= 11 is 1.83. The zero-order valence-corrected chi connectivity index (χ0v) is 13.0. The molecule has 0 aliphatic heterocycles. The van der Waals surface area contributed by atoms with Gasteiger partial charge in [0.05, 0.1) is 5.69 Å². The molecule has 2 rings (SSSR count). The van der Waals surface area contributed by atoms with Crippen LogP contribution < -0.4 is 5.32 Å². The van der Waals surface area contributed by atoms with Crippen LogP contribution in [0.15, 0.2) is 53.6 Å². The van der Waals surface area contributed by atoms with Gasteiger partial charge in [-0.1, -0.05) is 37.3 Å². The van der Waals surface area contributed by atoms with Crippen molar-refractivity contribution >= 4 is 11.8 Å². The van der Waals surface area contributed by atoms with Crippen LogP contribution in [0.25, 0.3) is 0 Å². The van der Waals surface area contributed by atoms with E-state index in [9.17, 15) is 0 Å². The summed E-state index contributed by atoms with van der Waals surface area (Å²) in [5.41, 5.74) is 2.46. The summed E-state index contributed by atoms with van der Waals surface area (Å²) in [6, 6.07) is 15.1. The summed E-state index contributed by atoms with van der Waals surface area (Å²) in [5, 5.41) is 3.46. The number of hydrogen-bond donors (Lipinski definition) is 1. The first kappa shape index (κ1) is 15.1. The fourth-order valence-corrected chi connectivity index (χ4v) is 2.76. The lowest BCUT2D eigenvalue weighted by Crippen LogP contribution is -2.20. The molecule has 0 bridgehead atoms. The first-order chi connectivity index (χ1) is 9.79. The monoisotopic (exact) mass is 286 g/mol. The molecule has 0 fully saturated rings. The molecule has 0 saturated heterocycles. The average Bonchev–Trinajstić information content (AvgIpc) is 2.52. The van der Waals surface area contributed by atoms with Crippen molar-refractivity contribution in [2.45, 2.75) is 37.0 Å². The molecule has 3 heteroatoms. The highest BCUT2D eigenvalue weighted by molar-refractivity contribution is 7.98. The maximum atomic E-state index is 4.56. The van der Waals surface area contributed by atoms with Crippen LogP contribution in [0.5, 0.6) is 0 Å². The predicted octanol–water partition coefficient (Wildman–Crippen LogP) is 4.43. The molecule has 1 unspecified atom stereocenters. The molecule has 0 amide bonds. The Morgan fingerprint density at radius 2 is 1.95 bits per heavy atom. The van der Waals surface area contributed by atoms with Crippen LogP contribution in [0.3, 0.4) is 0 Å². The van der Waals surface area contributed by atoms with Gasteiger partial charge >= 0.3 is 0 Å². The minimum atomic E-state index is 0.322. The van der Waals surface area contributed by atoms with Crippen LogP contribution in [0.1, 0.15) is 37.6 Å². The normalized spacial score (nSPS) is 12.3. The molecular formula is C17H22N2S. The van der Waals surface area contributed by atoms with Gasteiger partial charge in [0.15, 0.2) is 0 Å². The molecule has 0 radical (unpaired) electrons. The summed E-state index contributed by atoms with van der Waals surface area (Å²) in [5.74, 6) is 0.992. The second-order valence-corrected chi connectivity index (χ2v) is 5.92. The first-order valence-corrected chi connectivity index (χ1v) is 8.14. The van der Waals surface area contributed by atoms with Crippen molar-refractivity contribution < 1.29 is 0 Å². The molecule has 1 atom stereocenters. The number of nitrogens with zero attached hydrogens (tertiary/aromatic N) is 1. The van der Waals surface area contributed by atoms with Gasteiger partial charge in [-0.3, -0.25) is 4.98 Å². The highest BCUT2D eigenvalue weighted by Gasteiger charge is 2.05. The smallest absolute Gasteiger partial charge is 0.0571 e. The fraction of sp³-hybridized carbons (Fsp3) is 0.353. The molecule has 1 N–H and O–H groups in total. The lowest BCUT2D eigenvalue weighted by atomic mass is 10.2. The van der Waals surface area contributed by atoms with Crippen LogP contribution in [0.2, 0.25) is 0 Å². The molecular weight excluding hydrogens is 264 g/mol. The van der Waals surface area contributed by atoms with Crippen molar-refractivity contribution in [3.63, 3.8) is 0 Å². The van der Waals surface area contributed by atoms with Crippen LogP contribution in [-0.4, -0.2) is 11.5 Å². The largest absolute Gasteiger partial charge is 0.309 e. The molecule has 0 saturated carbocycles. The molecule has 1 aromatic carbocycles. The highest BCUT2D eigenvalue weighted by atomic mass is 32.2. The molecule has 106 valence electrons. The van der Waals surface area contributed by atoms with E-state index in [1.165, 1.54) is 10.5 Å². The topological polar surface area (TPSA) is 24.9 Å². The Morgan fingerprint density at radius 1 is 1.15 bits per heavy atom. The maximum Gasteiger partial charge on any atom is 0.0571 e. The fourth-order valence-electron chi connectivity index (χ4n) is 1.94. The van der Waals surface area contributed by atoms with Gasteiger partial charge in [0.2, 0.25) is 0 Å². The van der Waals surface area contributed by atoms with Crippen LogP contribution in [-0.2, 0) is 5.75 Å². The number of nitrogens with one attached hydrogen (secondary N) is 1. The Morgan fingerprint density at radius 3 is 2.60 bits per heavy atom. The third-order valence-electron chi connectivity index (χ3n) is 3.15. The zero-order chi connectivity index (χ0) is 14.2. The SMILES string of the molecule is CCCNC(C)c1ccc(SCc2ccccc2)cn1. The number of benzene rings is 1. The Balaban J connectivity index is 1.88. The molecule has 2 aromatic rings. The van der Waals surface area contributed by atoms with E-state index in [0.29, 0.717) is 6.04 Å². The number of rotatable bonds is 7. The quantitative estimate of drug-likeness (QED) is 0.762. The predicted molar refractivity (Wildman–Crippen MR) is 86.9 cm³/mol. The molecule has 1 heterocycles. The van der Waals surface area contributed by atoms with Crippen LogP contribution >= 0.6 is 11.8 Å². The summed E-state index contributed by atoms with van der Waals surface area (Å²) in [6.07, 6.45) is 3.13. The lowest BCUT2D eigenvalue weighted by Gasteiger charge is -2.12. The number of thioether (sulfide) groups is 1. The third kappa shape index (κ3) is 4.66. The van der Waals surface area contributed by atoms with Crippen LogP contribution in [0.4, 0.5) is 0 Å². The van der Waals surface area contributed by atoms with Crippen molar-refractivity contribution in [3.8, 4) is 0 Å². The van der Waals surface area contributed by atoms with Gasteiger partial charge in [-0.25, -0.2) is 0 Å². The van der Waals surface area contributed by atoms with E-state index in [2.05, 4.69) is 66.6 Å². The molecule has 20 heavy (non-hydrogen) atoms. The number of pyridine rings is 1. The summed E-state index contributed by atoms with van der Waals surface area (Å²) < 4.78 is 0. The number of hydrogen-bond acceptors (Lipinski definition) is 3. The Kier molecular flexibility index (Phi) is 6.09. The van der Waals surface area contributed by atoms with Gasteiger partial charge < -0.3 is 5.32 Å². The van der Waals surface area contributed by atoms with E-state index >= 15 is 0 Å². The van der Waals surface area contributed by atoms with Crippen molar-refractivity contribution in [1.82, 2.24) is 10.3 Å². The summed E-state index contributed by atoms with van der Waals surface area (Å²) in [4.78, 5) is 5.78. The Labute approximate surface area is 126 Å². The van der Waals surface area contributed by atoms with Gasteiger partial charge in [-0.15, -0.1) is 11.8 Å². The van der Waals surface area contributed by atoms with E-state index in [1.54, 1.807) is 0 Å². The average molecular weight is 286 g/mol. The minimum absolute atomic E-state index is 0.322. The summed E-state index contributed by atoms with van der Waals surface area (Å²) in [7, 11) is 0. The molecule has 1 aromatic heterocycles. The molecule has 0 aliphatic carbocycles. The standard InChI is InChI=1S/C17H22N2S/c1-3-11-18-14(2)17-10-9-16(12-19-17)20-13-15-7-5-4-6-8-15/h4-10,12,14,18H,3,11,13H2,1-2H3. The van der Waals surface area contributed by atoms with Gasteiger partial charge in [0.1, 0.15) is 0 Å². The zero-order valence-electron chi connectivity index (χ0n) is 12.2. The second-order valence-electron chi connectivity index (χ2n) is 4.87. The molecule has 0 aliphatic rings. The van der Waals surface area contributed by atoms with Gasteiger partial charge in [-0.2, -0.15) is 0 Å². The van der Waals surface area contributed by atoms with E-state index in [-0.39, 0.29) is 0 Å². The Hall–Kier alpha value is -1.32. The van der Waals surface area contributed by atoms with Gasteiger partial charge in [-0.05, 0) is 37.6 Å². The van der Waals surface area contributed by atoms with E-state index in [4.69, 9.17) is 0 Å². The van der Waals surface area contributed by atoms with Gasteiger partial charge in [0.25, 0.3) is 0 Å². The van der Waals surface area contributed by atoms with Crippen molar-refractivity contribution in [1.29, 1.82) is 0 Å². The van der Waals surface area contributed by atoms with Crippen molar-refractivity contribution in [2.24, 2.45) is 0 Å². The van der Waals surface area contributed by atoms with Crippen molar-refractivity contribution in [2.75, 3.05) is 6.54 Å². The second kappa shape index (κ2) is 8.08. The van der Waals surface area contributed by atoms with E-state index < -0.39 is 0 Å². The third-order valence-corrected chi connectivity index (χ3v) is 4.20. The highest BCUT2D eigenvalue weighted by Crippen LogP contribution is 2.22. The first-order valence-electron chi connectivity index (χ1n) is 7.15. The van der Waals surface area contributed by atoms with Crippen molar-refractivity contribution in [3.05, 3.63) is 59.9 Å². The van der Waals surface area contributed by atoms with E-state index in [1.807, 2.05) is 18.0 Å². The molecule has 0 spiro atoms. The van der Waals surface area contributed by atoms with E-state index in [0.717, 1.165) is 24.4 Å². The minimum Gasteiger partial charge on any atom is -0.309 e. The Bertz CT molecular complexity index is 496. The summed E-state index contributed by atoms with van der Waals surface area (Å²) in [6.45, 7) is 5.37. The van der Waals surface area contributed by atoms with Crippen LogP contribution in [0, 0.1) is 0 Å². The number of aromatic nitrogens is 1. The maximum absolute atomic E-state index is 4.56. The van der Waals surface area contributed by atoms with Gasteiger partial charge in [0, 0.05) is 22.9 Å². The lowest BCUT2D eigenvalue weighted by molar-refractivity contribution is 0.558.